The first-order chi connectivity index (χ1) is 10.2. The van der Waals surface area contributed by atoms with Crippen LogP contribution in [0.1, 0.15) is 16.1 Å². The molecule has 21 heavy (non-hydrogen) atoms. The van der Waals surface area contributed by atoms with Crippen molar-refractivity contribution in [3.8, 4) is 6.07 Å². The van der Waals surface area contributed by atoms with Gasteiger partial charge in [0.1, 0.15) is 5.82 Å². The predicted molar refractivity (Wildman–Crippen MR) is 79.8 cm³/mol. The van der Waals surface area contributed by atoms with Gasteiger partial charge in [0.25, 0.3) is 5.91 Å². The largest absolute Gasteiger partial charge is 0.365 e. The number of nitrogens with one attached hydrogen (secondary N) is 2. The van der Waals surface area contributed by atoms with Crippen molar-refractivity contribution in [1.82, 2.24) is 10.2 Å². The zero-order chi connectivity index (χ0) is 15.1. The van der Waals surface area contributed by atoms with Crippen LogP contribution in [0.25, 0.3) is 0 Å². The number of aromatic nitrogens is 2. The first-order valence-corrected chi connectivity index (χ1v) is 6.23. The summed E-state index contributed by atoms with van der Waals surface area (Å²) in [6, 6.07) is 11.9. The van der Waals surface area contributed by atoms with E-state index >= 15 is 0 Å². The molecule has 0 aliphatic rings. The van der Waals surface area contributed by atoms with Crippen LogP contribution in [0.15, 0.2) is 49.1 Å². The molecule has 0 atom stereocenters. The molecule has 2 rings (SSSR count). The van der Waals surface area contributed by atoms with Crippen LogP contribution >= 0.6 is 0 Å². The highest BCUT2D eigenvalue weighted by molar-refractivity contribution is 6.02. The number of hydrogen-bond donors (Lipinski definition) is 2. The Kier molecular flexibility index (Phi) is 4.62. The van der Waals surface area contributed by atoms with E-state index in [-0.39, 0.29) is 11.6 Å². The van der Waals surface area contributed by atoms with Crippen molar-refractivity contribution in [2.45, 2.75) is 0 Å². The summed E-state index contributed by atoms with van der Waals surface area (Å²) in [5, 5.41) is 22.2. The van der Waals surface area contributed by atoms with Gasteiger partial charge in [-0.15, -0.1) is 16.8 Å². The van der Waals surface area contributed by atoms with Crippen LogP contribution in [0, 0.1) is 11.3 Å². The molecule has 6 nitrogen and oxygen atoms in total. The Morgan fingerprint density at radius 2 is 2.19 bits per heavy atom. The lowest BCUT2D eigenvalue weighted by Crippen LogP contribution is -2.15. The summed E-state index contributed by atoms with van der Waals surface area (Å²) < 4.78 is 0. The number of nitrogens with zero attached hydrogens (tertiary/aromatic N) is 3. The van der Waals surface area contributed by atoms with Gasteiger partial charge in [0, 0.05) is 12.2 Å². The molecule has 0 saturated carbocycles. The van der Waals surface area contributed by atoms with Crippen molar-refractivity contribution in [3.05, 3.63) is 60.3 Å². The zero-order valence-corrected chi connectivity index (χ0v) is 11.2. The third kappa shape index (κ3) is 3.88. The van der Waals surface area contributed by atoms with E-state index in [4.69, 9.17) is 5.26 Å². The lowest BCUT2D eigenvalue weighted by molar-refractivity contribution is 0.102. The minimum absolute atomic E-state index is 0.196. The van der Waals surface area contributed by atoms with Gasteiger partial charge in [-0.2, -0.15) is 5.26 Å². The first-order valence-electron chi connectivity index (χ1n) is 6.23. The smallest absolute Gasteiger partial charge is 0.276 e. The van der Waals surface area contributed by atoms with Gasteiger partial charge in [0.2, 0.25) is 0 Å². The van der Waals surface area contributed by atoms with Crippen molar-refractivity contribution >= 4 is 17.4 Å². The average molecular weight is 279 g/mol. The normalized spacial score (nSPS) is 9.48. The third-order valence-corrected chi connectivity index (χ3v) is 2.57. The molecule has 1 aromatic carbocycles. The Hall–Kier alpha value is -3.20. The van der Waals surface area contributed by atoms with Crippen LogP contribution in [-0.2, 0) is 0 Å². The van der Waals surface area contributed by atoms with Gasteiger partial charge in [-0.1, -0.05) is 12.1 Å². The van der Waals surface area contributed by atoms with E-state index in [1.807, 2.05) is 6.07 Å². The fourth-order valence-corrected chi connectivity index (χ4v) is 1.59. The Labute approximate surface area is 122 Å². The summed E-state index contributed by atoms with van der Waals surface area (Å²) in [5.74, 6) is 0.186. The van der Waals surface area contributed by atoms with Crippen molar-refractivity contribution in [2.75, 3.05) is 17.2 Å². The minimum atomic E-state index is -0.382. The van der Waals surface area contributed by atoms with E-state index in [1.54, 1.807) is 42.5 Å². The van der Waals surface area contributed by atoms with Crippen molar-refractivity contribution < 1.29 is 4.79 Å². The summed E-state index contributed by atoms with van der Waals surface area (Å²) in [7, 11) is 0. The van der Waals surface area contributed by atoms with E-state index in [0.29, 0.717) is 23.6 Å². The van der Waals surface area contributed by atoms with Gasteiger partial charge in [0.15, 0.2) is 5.69 Å². The topological polar surface area (TPSA) is 90.7 Å². The molecular weight excluding hydrogens is 266 g/mol. The van der Waals surface area contributed by atoms with Crippen LogP contribution in [0.5, 0.6) is 0 Å². The molecule has 2 aromatic rings. The second-order valence-electron chi connectivity index (χ2n) is 4.12. The summed E-state index contributed by atoms with van der Waals surface area (Å²) in [5.41, 5.74) is 1.21. The van der Waals surface area contributed by atoms with Gasteiger partial charge >= 0.3 is 0 Å². The molecule has 0 bridgehead atoms. The first kappa shape index (κ1) is 14.2. The molecule has 0 aliphatic carbocycles. The van der Waals surface area contributed by atoms with Crippen LogP contribution in [0.2, 0.25) is 0 Å². The van der Waals surface area contributed by atoms with E-state index in [9.17, 15) is 4.79 Å². The predicted octanol–water partition coefficient (Wildman–Crippen LogP) is 2.20. The molecule has 104 valence electrons. The number of carbonyl (C=O) groups is 1. The summed E-state index contributed by atoms with van der Waals surface area (Å²) in [6.45, 7) is 4.16. The molecule has 1 heterocycles. The second kappa shape index (κ2) is 6.82. The molecule has 0 saturated heterocycles. The number of hydrogen-bond acceptors (Lipinski definition) is 5. The number of nitriles is 1. The number of benzene rings is 1. The average Bonchev–Trinajstić information content (AvgIpc) is 2.53. The van der Waals surface area contributed by atoms with Crippen molar-refractivity contribution in [2.24, 2.45) is 0 Å². The second-order valence-corrected chi connectivity index (χ2v) is 4.12. The number of anilines is 2. The third-order valence-electron chi connectivity index (χ3n) is 2.57. The fourth-order valence-electron chi connectivity index (χ4n) is 1.59. The molecule has 0 fully saturated rings. The number of carbonyl (C=O) groups excluding carboxylic acids is 1. The summed E-state index contributed by atoms with van der Waals surface area (Å²) in [6.07, 6.45) is 1.70. The molecule has 2 N–H and O–H groups in total. The van der Waals surface area contributed by atoms with E-state index < -0.39 is 0 Å². The van der Waals surface area contributed by atoms with Gasteiger partial charge in [-0.3, -0.25) is 4.79 Å². The van der Waals surface area contributed by atoms with Crippen LogP contribution < -0.4 is 10.6 Å². The lowest BCUT2D eigenvalue weighted by Gasteiger charge is -2.05. The molecule has 1 amide bonds. The van der Waals surface area contributed by atoms with E-state index in [0.717, 1.165) is 0 Å². The molecule has 1 aromatic heterocycles. The number of rotatable bonds is 5. The highest BCUT2D eigenvalue weighted by atomic mass is 16.1. The molecule has 6 heteroatoms. The highest BCUT2D eigenvalue weighted by Crippen LogP contribution is 2.11. The standard InChI is InChI=1S/C15H13N5O/c1-2-8-17-14-7-6-13(19-20-14)15(21)18-12-5-3-4-11(9-12)10-16/h2-7,9H,1,8H2,(H,17,20)(H,18,21). The Bertz CT molecular complexity index is 688. The van der Waals surface area contributed by atoms with Crippen molar-refractivity contribution in [1.29, 1.82) is 5.26 Å². The molecule has 0 spiro atoms. The molecular formula is C15H13N5O. The fraction of sp³-hybridized carbons (Fsp3) is 0.0667. The van der Waals surface area contributed by atoms with Crippen LogP contribution in [0.3, 0.4) is 0 Å². The SMILES string of the molecule is C=CCNc1ccc(C(=O)Nc2cccc(C#N)c2)nn1. The highest BCUT2D eigenvalue weighted by Gasteiger charge is 2.08. The van der Waals surface area contributed by atoms with Crippen LogP contribution in [-0.4, -0.2) is 22.6 Å². The van der Waals surface area contributed by atoms with E-state index in [1.165, 1.54) is 0 Å². The van der Waals surface area contributed by atoms with Crippen molar-refractivity contribution in [3.63, 3.8) is 0 Å². The van der Waals surface area contributed by atoms with Gasteiger partial charge < -0.3 is 10.6 Å². The Morgan fingerprint density at radius 3 is 2.86 bits per heavy atom. The minimum Gasteiger partial charge on any atom is -0.365 e. The molecule has 0 unspecified atom stereocenters. The Morgan fingerprint density at radius 1 is 1.33 bits per heavy atom. The quantitative estimate of drug-likeness (QED) is 0.819. The van der Waals surface area contributed by atoms with Gasteiger partial charge in [0.05, 0.1) is 11.6 Å². The monoisotopic (exact) mass is 279 g/mol. The maximum absolute atomic E-state index is 12.0. The van der Waals surface area contributed by atoms with Crippen LogP contribution in [0.4, 0.5) is 11.5 Å². The van der Waals surface area contributed by atoms with E-state index in [2.05, 4.69) is 27.4 Å². The maximum atomic E-state index is 12.0. The molecule has 0 radical (unpaired) electrons. The Balaban J connectivity index is 2.06. The van der Waals surface area contributed by atoms with Gasteiger partial charge in [-0.25, -0.2) is 0 Å². The lowest BCUT2D eigenvalue weighted by atomic mass is 10.2. The molecule has 0 aliphatic heterocycles. The summed E-state index contributed by atoms with van der Waals surface area (Å²) >= 11 is 0. The maximum Gasteiger partial charge on any atom is 0.276 e. The van der Waals surface area contributed by atoms with Gasteiger partial charge in [-0.05, 0) is 30.3 Å². The summed E-state index contributed by atoms with van der Waals surface area (Å²) in [4.78, 5) is 12.0. The zero-order valence-electron chi connectivity index (χ0n) is 11.2. The number of amides is 1.